The number of rotatable bonds is 6. The van der Waals surface area contributed by atoms with Crippen LogP contribution in [-0.2, 0) is 20.9 Å². The second kappa shape index (κ2) is 7.93. The fourth-order valence-electron chi connectivity index (χ4n) is 1.45. The summed E-state index contributed by atoms with van der Waals surface area (Å²) < 4.78 is 4.86. The first-order chi connectivity index (χ1) is 9.52. The minimum Gasteiger partial charge on any atom is -0.452 e. The van der Waals surface area contributed by atoms with Gasteiger partial charge in [0, 0.05) is 20.0 Å². The van der Waals surface area contributed by atoms with Crippen LogP contribution in [0.4, 0.5) is 0 Å². The maximum Gasteiger partial charge on any atom is 0.338 e. The van der Waals surface area contributed by atoms with Crippen LogP contribution in [0.25, 0.3) is 0 Å². The first-order valence-electron chi connectivity index (χ1n) is 6.30. The van der Waals surface area contributed by atoms with Gasteiger partial charge in [0.25, 0.3) is 5.91 Å². The third kappa shape index (κ3) is 5.51. The number of amides is 2. The van der Waals surface area contributed by atoms with E-state index in [-0.39, 0.29) is 18.4 Å². The second-order valence-corrected chi connectivity index (χ2v) is 4.14. The van der Waals surface area contributed by atoms with Gasteiger partial charge in [0.05, 0.1) is 5.56 Å². The van der Waals surface area contributed by atoms with Crippen molar-refractivity contribution in [3.63, 3.8) is 0 Å². The number of hydrogen-bond donors (Lipinski definition) is 2. The Labute approximate surface area is 117 Å². The summed E-state index contributed by atoms with van der Waals surface area (Å²) in [6, 6.07) is 6.63. The number of benzene rings is 1. The van der Waals surface area contributed by atoms with Gasteiger partial charge in [-0.25, -0.2) is 4.79 Å². The predicted octanol–water partition coefficient (Wildman–Crippen LogP) is 0.616. The molecule has 0 aliphatic carbocycles. The number of ether oxygens (including phenoxy) is 1. The molecule has 2 N–H and O–H groups in total. The van der Waals surface area contributed by atoms with Crippen molar-refractivity contribution in [2.75, 3.05) is 13.2 Å². The van der Waals surface area contributed by atoms with Gasteiger partial charge >= 0.3 is 5.97 Å². The smallest absolute Gasteiger partial charge is 0.338 e. The number of carbonyl (C=O) groups is 3. The van der Waals surface area contributed by atoms with Gasteiger partial charge in [-0.2, -0.15) is 0 Å². The molecule has 0 heterocycles. The Morgan fingerprint density at radius 2 is 1.75 bits per heavy atom. The summed E-state index contributed by atoms with van der Waals surface area (Å²) in [4.78, 5) is 33.6. The quantitative estimate of drug-likeness (QED) is 0.747. The molecule has 1 rings (SSSR count). The first-order valence-corrected chi connectivity index (χ1v) is 6.30. The van der Waals surface area contributed by atoms with E-state index in [4.69, 9.17) is 4.74 Å². The van der Waals surface area contributed by atoms with Crippen LogP contribution in [0, 0.1) is 0 Å². The van der Waals surface area contributed by atoms with E-state index >= 15 is 0 Å². The molecule has 6 nitrogen and oxygen atoms in total. The van der Waals surface area contributed by atoms with Crippen LogP contribution in [0.3, 0.4) is 0 Å². The lowest BCUT2D eigenvalue weighted by Crippen LogP contribution is -2.28. The van der Waals surface area contributed by atoms with E-state index < -0.39 is 5.97 Å². The molecule has 1 aromatic rings. The average Bonchev–Trinajstić information content (AvgIpc) is 2.43. The highest BCUT2D eigenvalue weighted by molar-refractivity contribution is 5.91. The lowest BCUT2D eigenvalue weighted by atomic mass is 10.1. The average molecular weight is 278 g/mol. The van der Waals surface area contributed by atoms with Gasteiger partial charge < -0.3 is 15.4 Å². The van der Waals surface area contributed by atoms with Crippen molar-refractivity contribution in [1.82, 2.24) is 10.6 Å². The van der Waals surface area contributed by atoms with Crippen molar-refractivity contribution in [2.24, 2.45) is 0 Å². The zero-order valence-corrected chi connectivity index (χ0v) is 11.6. The summed E-state index contributed by atoms with van der Waals surface area (Å²) in [5.41, 5.74) is 1.24. The molecule has 20 heavy (non-hydrogen) atoms. The normalized spacial score (nSPS) is 9.70. The molecular formula is C14H18N2O4. The summed E-state index contributed by atoms with van der Waals surface area (Å²) in [6.07, 6.45) is 0. The van der Waals surface area contributed by atoms with Gasteiger partial charge in [-0.15, -0.1) is 0 Å². The molecule has 0 aromatic heterocycles. The number of hydrogen-bond acceptors (Lipinski definition) is 4. The van der Waals surface area contributed by atoms with Gasteiger partial charge in [-0.05, 0) is 24.6 Å². The Balaban J connectivity index is 2.48. The lowest BCUT2D eigenvalue weighted by molar-refractivity contribution is -0.124. The summed E-state index contributed by atoms with van der Waals surface area (Å²) in [5, 5.41) is 5.19. The molecule has 0 aliphatic heterocycles. The molecule has 0 saturated heterocycles. The van der Waals surface area contributed by atoms with Crippen LogP contribution >= 0.6 is 0 Å². The van der Waals surface area contributed by atoms with Crippen LogP contribution in [0.1, 0.15) is 29.8 Å². The van der Waals surface area contributed by atoms with Gasteiger partial charge in [0.15, 0.2) is 6.61 Å². The van der Waals surface area contributed by atoms with Crippen molar-refractivity contribution < 1.29 is 19.1 Å². The molecule has 108 valence electrons. The van der Waals surface area contributed by atoms with Crippen molar-refractivity contribution in [1.29, 1.82) is 0 Å². The Hall–Kier alpha value is -2.37. The fraction of sp³-hybridized carbons (Fsp3) is 0.357. The maximum absolute atomic E-state index is 11.7. The van der Waals surface area contributed by atoms with E-state index in [2.05, 4.69) is 10.6 Å². The third-order valence-electron chi connectivity index (χ3n) is 2.44. The first kappa shape index (κ1) is 15.7. The van der Waals surface area contributed by atoms with Crippen molar-refractivity contribution in [3.8, 4) is 0 Å². The Morgan fingerprint density at radius 1 is 1.10 bits per heavy atom. The van der Waals surface area contributed by atoms with Gasteiger partial charge in [0.2, 0.25) is 5.91 Å². The largest absolute Gasteiger partial charge is 0.452 e. The third-order valence-corrected chi connectivity index (χ3v) is 2.44. The van der Waals surface area contributed by atoms with Crippen molar-refractivity contribution in [3.05, 3.63) is 35.4 Å². The van der Waals surface area contributed by atoms with E-state index in [0.717, 1.165) is 5.56 Å². The highest BCUT2D eigenvalue weighted by Gasteiger charge is 2.09. The molecule has 0 saturated carbocycles. The topological polar surface area (TPSA) is 84.5 Å². The second-order valence-electron chi connectivity index (χ2n) is 4.14. The van der Waals surface area contributed by atoms with E-state index in [1.54, 1.807) is 31.2 Å². The van der Waals surface area contributed by atoms with E-state index in [9.17, 15) is 14.4 Å². The highest BCUT2D eigenvalue weighted by Crippen LogP contribution is 2.06. The minimum absolute atomic E-state index is 0.115. The Morgan fingerprint density at radius 3 is 2.30 bits per heavy atom. The fourth-order valence-corrected chi connectivity index (χ4v) is 1.45. The van der Waals surface area contributed by atoms with Gasteiger partial charge in [-0.3, -0.25) is 9.59 Å². The number of likely N-dealkylation sites (N-methyl/N-ethyl adjacent to an activating group) is 1. The standard InChI is InChI=1S/C14H18N2O4/c1-3-15-13(18)9-20-14(19)12-6-4-11(5-7-12)8-16-10(2)17/h4-7H,3,8-9H2,1-2H3,(H,15,18)(H,16,17). The number of nitrogens with one attached hydrogen (secondary N) is 2. The van der Waals surface area contributed by atoms with E-state index in [0.29, 0.717) is 18.7 Å². The molecule has 0 atom stereocenters. The molecule has 0 spiro atoms. The minimum atomic E-state index is -0.553. The van der Waals surface area contributed by atoms with Crippen LogP contribution in [0.5, 0.6) is 0 Å². The zero-order chi connectivity index (χ0) is 15.0. The lowest BCUT2D eigenvalue weighted by Gasteiger charge is -2.06. The van der Waals surface area contributed by atoms with Crippen LogP contribution in [0.15, 0.2) is 24.3 Å². The van der Waals surface area contributed by atoms with E-state index in [1.807, 2.05) is 0 Å². The predicted molar refractivity (Wildman–Crippen MR) is 72.9 cm³/mol. The molecular weight excluding hydrogens is 260 g/mol. The number of carbonyl (C=O) groups excluding carboxylic acids is 3. The van der Waals surface area contributed by atoms with Crippen molar-refractivity contribution in [2.45, 2.75) is 20.4 Å². The van der Waals surface area contributed by atoms with Gasteiger partial charge in [0.1, 0.15) is 0 Å². The summed E-state index contributed by atoms with van der Waals surface area (Å²) in [6.45, 7) is 3.83. The number of esters is 1. The van der Waals surface area contributed by atoms with Crippen molar-refractivity contribution >= 4 is 17.8 Å². The SMILES string of the molecule is CCNC(=O)COC(=O)c1ccc(CNC(C)=O)cc1. The molecule has 0 bridgehead atoms. The molecule has 0 aliphatic rings. The Kier molecular flexibility index (Phi) is 6.22. The van der Waals surface area contributed by atoms with Crippen LogP contribution in [0.2, 0.25) is 0 Å². The Bertz CT molecular complexity index is 482. The summed E-state index contributed by atoms with van der Waals surface area (Å²) in [7, 11) is 0. The zero-order valence-electron chi connectivity index (χ0n) is 11.6. The summed E-state index contributed by atoms with van der Waals surface area (Å²) in [5.74, 6) is -0.999. The van der Waals surface area contributed by atoms with E-state index in [1.165, 1.54) is 6.92 Å². The highest BCUT2D eigenvalue weighted by atomic mass is 16.5. The monoisotopic (exact) mass is 278 g/mol. The molecule has 1 aromatic carbocycles. The summed E-state index contributed by atoms with van der Waals surface area (Å²) >= 11 is 0. The molecule has 0 fully saturated rings. The van der Waals surface area contributed by atoms with Gasteiger partial charge in [-0.1, -0.05) is 12.1 Å². The molecule has 2 amide bonds. The molecule has 0 radical (unpaired) electrons. The molecule has 6 heteroatoms. The molecule has 0 unspecified atom stereocenters. The van der Waals surface area contributed by atoms with Crippen LogP contribution in [-0.4, -0.2) is 30.9 Å². The van der Waals surface area contributed by atoms with Crippen LogP contribution < -0.4 is 10.6 Å². The maximum atomic E-state index is 11.7.